The molecular weight excluding hydrogens is 294 g/mol. The molecule has 0 radical (unpaired) electrons. The molecule has 0 saturated heterocycles. The van der Waals surface area contributed by atoms with Gasteiger partial charge < -0.3 is 22.0 Å². The average molecular weight is 314 g/mol. The van der Waals surface area contributed by atoms with Gasteiger partial charge in [-0.1, -0.05) is 18.2 Å². The zero-order valence-corrected chi connectivity index (χ0v) is 13.8. The van der Waals surface area contributed by atoms with E-state index in [2.05, 4.69) is 27.9 Å². The van der Waals surface area contributed by atoms with Crippen LogP contribution in [0.4, 0.5) is 0 Å². The first-order chi connectivity index (χ1) is 8.92. The molecule has 0 bridgehead atoms. The molecule has 20 heavy (non-hydrogen) atoms. The van der Waals surface area contributed by atoms with Gasteiger partial charge in [0.25, 0.3) is 0 Å². The largest absolute Gasteiger partial charge is 1.00 e. The van der Waals surface area contributed by atoms with Crippen molar-refractivity contribution in [3.05, 3.63) is 35.2 Å². The third-order valence-corrected chi connectivity index (χ3v) is 4.58. The highest BCUT2D eigenvalue weighted by molar-refractivity contribution is 7.17. The predicted octanol–water partition coefficient (Wildman–Crippen LogP) is -1.01. The maximum absolute atomic E-state index is 12.2. The number of quaternary nitrogens is 1. The van der Waals surface area contributed by atoms with Crippen molar-refractivity contribution in [2.45, 2.75) is 19.4 Å². The summed E-state index contributed by atoms with van der Waals surface area (Å²) < 4.78 is 6.59. The van der Waals surface area contributed by atoms with Crippen molar-refractivity contribution in [3.8, 4) is 0 Å². The van der Waals surface area contributed by atoms with Crippen LogP contribution >= 0.6 is 11.3 Å². The number of hydrogen-bond donors (Lipinski definition) is 1. The number of benzene rings is 1. The molecule has 1 N–H and O–H groups in total. The van der Waals surface area contributed by atoms with Crippen molar-refractivity contribution in [2.75, 3.05) is 20.7 Å². The molecule has 0 aliphatic carbocycles. The number of fused-ring (bicyclic) bond motifs is 1. The monoisotopic (exact) mass is 313 g/mol. The molecule has 1 aromatic carbocycles. The molecule has 0 atom stereocenters. The second-order valence-electron chi connectivity index (χ2n) is 5.61. The number of ether oxygens (including phenoxy) is 1. The summed E-state index contributed by atoms with van der Waals surface area (Å²) in [5.41, 5.74) is 0.590. The minimum absolute atomic E-state index is 0. The molecule has 0 unspecified atom stereocenters. The third-order valence-electron chi connectivity index (χ3n) is 3.62. The molecule has 0 aliphatic heterocycles. The van der Waals surface area contributed by atoms with Crippen LogP contribution in [-0.2, 0) is 4.74 Å². The maximum atomic E-state index is 12.2. The SMILES string of the molecule is C[NH+](C)C(C)(C)COC(=O)c1csc2ccccc12.[Cl-]. The summed E-state index contributed by atoms with van der Waals surface area (Å²) in [4.78, 5) is 13.4. The number of thiophene rings is 1. The normalized spacial score (nSPS) is 11.4. The van der Waals surface area contributed by atoms with Crippen LogP contribution < -0.4 is 17.3 Å². The Balaban J connectivity index is 0.00000200. The molecule has 3 nitrogen and oxygen atoms in total. The minimum Gasteiger partial charge on any atom is -1.00 e. The van der Waals surface area contributed by atoms with Gasteiger partial charge in [0.05, 0.1) is 19.7 Å². The zero-order valence-electron chi connectivity index (χ0n) is 12.2. The molecule has 5 heteroatoms. The highest BCUT2D eigenvalue weighted by Gasteiger charge is 2.27. The lowest BCUT2D eigenvalue weighted by atomic mass is 10.1. The highest BCUT2D eigenvalue weighted by atomic mass is 35.5. The minimum atomic E-state index is -0.230. The summed E-state index contributed by atoms with van der Waals surface area (Å²) in [6.07, 6.45) is 0. The van der Waals surface area contributed by atoms with Crippen molar-refractivity contribution < 1.29 is 26.8 Å². The van der Waals surface area contributed by atoms with E-state index in [1.54, 1.807) is 11.3 Å². The molecule has 2 aromatic rings. The lowest BCUT2D eigenvalue weighted by molar-refractivity contribution is -0.911. The Hall–Kier alpha value is -1.10. The van der Waals surface area contributed by atoms with Crippen molar-refractivity contribution >= 4 is 27.4 Å². The number of carbonyl (C=O) groups excluding carboxylic acids is 1. The van der Waals surface area contributed by atoms with Crippen molar-refractivity contribution in [1.29, 1.82) is 0 Å². The first-order valence-electron chi connectivity index (χ1n) is 6.36. The Labute approximate surface area is 129 Å². The highest BCUT2D eigenvalue weighted by Crippen LogP contribution is 2.26. The van der Waals surface area contributed by atoms with E-state index in [1.807, 2.05) is 29.6 Å². The number of likely N-dealkylation sites (N-methyl/N-ethyl adjacent to an activating group) is 1. The topological polar surface area (TPSA) is 30.7 Å². The van der Waals surface area contributed by atoms with E-state index in [4.69, 9.17) is 4.74 Å². The van der Waals surface area contributed by atoms with Gasteiger partial charge in [-0.15, -0.1) is 11.3 Å². The summed E-state index contributed by atoms with van der Waals surface area (Å²) >= 11 is 1.58. The summed E-state index contributed by atoms with van der Waals surface area (Å²) in [5.74, 6) is -0.230. The summed E-state index contributed by atoms with van der Waals surface area (Å²) in [5, 5.41) is 2.86. The summed E-state index contributed by atoms with van der Waals surface area (Å²) in [7, 11) is 4.13. The van der Waals surface area contributed by atoms with Gasteiger partial charge in [-0.25, -0.2) is 4.79 Å². The first kappa shape index (κ1) is 17.0. The fourth-order valence-electron chi connectivity index (χ4n) is 1.60. The molecular formula is C15H20ClNO2S. The number of esters is 1. The number of nitrogens with one attached hydrogen (secondary N) is 1. The molecule has 2 rings (SSSR count). The van der Waals surface area contributed by atoms with Gasteiger partial charge in [0, 0.05) is 15.5 Å². The van der Waals surface area contributed by atoms with Gasteiger partial charge >= 0.3 is 5.97 Å². The molecule has 1 heterocycles. The van der Waals surface area contributed by atoms with E-state index in [0.717, 1.165) is 10.1 Å². The van der Waals surface area contributed by atoms with Crippen LogP contribution in [0, 0.1) is 0 Å². The molecule has 0 fully saturated rings. The van der Waals surface area contributed by atoms with Gasteiger partial charge in [-0.3, -0.25) is 0 Å². The lowest BCUT2D eigenvalue weighted by Gasteiger charge is -2.28. The summed E-state index contributed by atoms with van der Waals surface area (Å²) in [6.45, 7) is 4.58. The standard InChI is InChI=1S/C15H19NO2S.ClH/c1-15(2,16(3)4)10-18-14(17)12-9-19-13-8-6-5-7-11(12)13;/h5-9H,10H2,1-4H3;1H. The van der Waals surface area contributed by atoms with Gasteiger partial charge in [0.2, 0.25) is 0 Å². The van der Waals surface area contributed by atoms with Gasteiger partial charge in [0.1, 0.15) is 12.1 Å². The van der Waals surface area contributed by atoms with E-state index in [-0.39, 0.29) is 23.9 Å². The van der Waals surface area contributed by atoms with Crippen molar-refractivity contribution in [3.63, 3.8) is 0 Å². The zero-order chi connectivity index (χ0) is 14.0. The van der Waals surface area contributed by atoms with E-state index < -0.39 is 0 Å². The number of carbonyl (C=O) groups is 1. The first-order valence-corrected chi connectivity index (χ1v) is 7.24. The van der Waals surface area contributed by atoms with Crippen LogP contribution in [0.2, 0.25) is 0 Å². The quantitative estimate of drug-likeness (QED) is 0.733. The Morgan fingerprint density at radius 3 is 2.60 bits per heavy atom. The van der Waals surface area contributed by atoms with Gasteiger partial charge in [-0.05, 0) is 19.9 Å². The van der Waals surface area contributed by atoms with E-state index in [0.29, 0.717) is 12.2 Å². The van der Waals surface area contributed by atoms with E-state index in [1.165, 1.54) is 4.90 Å². The van der Waals surface area contributed by atoms with Crippen LogP contribution in [-0.4, -0.2) is 32.2 Å². The van der Waals surface area contributed by atoms with Crippen LogP contribution in [0.3, 0.4) is 0 Å². The lowest BCUT2D eigenvalue weighted by Crippen LogP contribution is -3.14. The van der Waals surface area contributed by atoms with E-state index >= 15 is 0 Å². The van der Waals surface area contributed by atoms with Crippen LogP contribution in [0.15, 0.2) is 29.6 Å². The Bertz CT molecular complexity index is 592. The molecule has 0 aliphatic rings. The summed E-state index contributed by atoms with van der Waals surface area (Å²) in [6, 6.07) is 7.90. The second kappa shape index (κ2) is 6.57. The molecule has 0 saturated carbocycles. The molecule has 0 amide bonds. The maximum Gasteiger partial charge on any atom is 0.339 e. The number of halogens is 1. The number of rotatable bonds is 4. The smallest absolute Gasteiger partial charge is 0.339 e. The van der Waals surface area contributed by atoms with Crippen LogP contribution in [0.5, 0.6) is 0 Å². The van der Waals surface area contributed by atoms with Gasteiger partial charge in [-0.2, -0.15) is 0 Å². The second-order valence-corrected chi connectivity index (χ2v) is 6.52. The van der Waals surface area contributed by atoms with Crippen LogP contribution in [0.1, 0.15) is 24.2 Å². The Morgan fingerprint density at radius 2 is 1.95 bits per heavy atom. The fraction of sp³-hybridized carbons (Fsp3) is 0.400. The predicted molar refractivity (Wildman–Crippen MR) is 79.0 cm³/mol. The fourth-order valence-corrected chi connectivity index (χ4v) is 2.53. The van der Waals surface area contributed by atoms with Crippen LogP contribution in [0.25, 0.3) is 10.1 Å². The van der Waals surface area contributed by atoms with Gasteiger partial charge in [0.15, 0.2) is 0 Å². The van der Waals surface area contributed by atoms with Crippen molar-refractivity contribution in [1.82, 2.24) is 0 Å². The van der Waals surface area contributed by atoms with E-state index in [9.17, 15) is 4.79 Å². The molecule has 110 valence electrons. The molecule has 0 spiro atoms. The molecule has 1 aromatic heterocycles. The number of hydrogen-bond acceptors (Lipinski definition) is 3. The average Bonchev–Trinajstić information content (AvgIpc) is 2.79. The van der Waals surface area contributed by atoms with Crippen molar-refractivity contribution in [2.24, 2.45) is 0 Å². The Kier molecular flexibility index (Phi) is 5.57. The Morgan fingerprint density at radius 1 is 1.30 bits per heavy atom. The third kappa shape index (κ3) is 3.51.